The van der Waals surface area contributed by atoms with Gasteiger partial charge in [-0.05, 0) is 31.4 Å². The second-order valence-corrected chi connectivity index (χ2v) is 5.69. The molecule has 0 spiro atoms. The van der Waals surface area contributed by atoms with Crippen molar-refractivity contribution in [2.75, 3.05) is 6.54 Å². The molecule has 1 rings (SSSR count). The zero-order valence-electron chi connectivity index (χ0n) is 13.9. The number of unbranched alkanes of at least 4 members (excludes halogenated alkanes) is 8. The Morgan fingerprint density at radius 2 is 1.74 bits per heavy atom. The average molecular weight is 319 g/mol. The van der Waals surface area contributed by atoms with Crippen molar-refractivity contribution in [2.24, 2.45) is 0 Å². The molecule has 0 saturated carbocycles. The summed E-state index contributed by atoms with van der Waals surface area (Å²) in [4.78, 5) is 22.0. The zero-order chi connectivity index (χ0) is 16.9. The molecule has 1 amide bonds. The lowest BCUT2D eigenvalue weighted by atomic mass is 10.1. The van der Waals surface area contributed by atoms with Crippen molar-refractivity contribution in [1.82, 2.24) is 5.32 Å². The van der Waals surface area contributed by atoms with Crippen molar-refractivity contribution >= 4 is 11.6 Å². The second kappa shape index (κ2) is 11.6. The van der Waals surface area contributed by atoms with E-state index < -0.39 is 4.92 Å². The minimum Gasteiger partial charge on any atom is -0.352 e. The molecule has 5 nitrogen and oxygen atoms in total. The van der Waals surface area contributed by atoms with E-state index in [2.05, 4.69) is 18.7 Å². The van der Waals surface area contributed by atoms with Crippen LogP contribution in [0.15, 0.2) is 24.3 Å². The highest BCUT2D eigenvalue weighted by atomic mass is 16.6. The van der Waals surface area contributed by atoms with Gasteiger partial charge in [-0.1, -0.05) is 45.4 Å². The molecule has 1 radical (unpaired) electrons. The minimum atomic E-state index is -0.472. The summed E-state index contributed by atoms with van der Waals surface area (Å²) in [6.07, 6.45) is 11.9. The molecule has 0 saturated heterocycles. The molecule has 23 heavy (non-hydrogen) atoms. The molecule has 0 aliphatic heterocycles. The standard InChI is InChI=1S/C18H27N2O3/c1-2-3-4-5-6-7-8-9-10-15-19-18(21)16-11-13-17(14-12-16)20(22)23/h8,11-14H,2-7,9-10,15H2,1H3,(H,19,21). The summed E-state index contributed by atoms with van der Waals surface area (Å²) in [5, 5.41) is 13.4. The van der Waals surface area contributed by atoms with E-state index in [4.69, 9.17) is 0 Å². The fourth-order valence-corrected chi connectivity index (χ4v) is 2.32. The van der Waals surface area contributed by atoms with Crippen molar-refractivity contribution in [1.29, 1.82) is 0 Å². The Labute approximate surface area is 138 Å². The number of nitrogens with one attached hydrogen (secondary N) is 1. The van der Waals surface area contributed by atoms with Crippen molar-refractivity contribution in [3.63, 3.8) is 0 Å². The van der Waals surface area contributed by atoms with Gasteiger partial charge in [-0.25, -0.2) is 0 Å². The van der Waals surface area contributed by atoms with Gasteiger partial charge >= 0.3 is 0 Å². The maximum Gasteiger partial charge on any atom is 0.269 e. The predicted molar refractivity (Wildman–Crippen MR) is 92.3 cm³/mol. The molecule has 0 atom stereocenters. The van der Waals surface area contributed by atoms with Crippen LogP contribution in [0.25, 0.3) is 0 Å². The molecule has 0 aromatic heterocycles. The van der Waals surface area contributed by atoms with Gasteiger partial charge in [0.25, 0.3) is 11.6 Å². The molecular weight excluding hydrogens is 292 g/mol. The predicted octanol–water partition coefficient (Wildman–Crippen LogP) is 4.67. The van der Waals surface area contributed by atoms with Crippen LogP contribution in [0.4, 0.5) is 5.69 Å². The number of benzene rings is 1. The van der Waals surface area contributed by atoms with Gasteiger partial charge in [-0.15, -0.1) is 0 Å². The van der Waals surface area contributed by atoms with Crippen LogP contribution in [0.2, 0.25) is 0 Å². The molecule has 1 aromatic rings. The van der Waals surface area contributed by atoms with Gasteiger partial charge in [0.15, 0.2) is 0 Å². The lowest BCUT2D eigenvalue weighted by Gasteiger charge is -2.05. The van der Waals surface area contributed by atoms with Crippen molar-refractivity contribution in [3.05, 3.63) is 46.4 Å². The van der Waals surface area contributed by atoms with Crippen LogP contribution in [0, 0.1) is 16.5 Å². The first-order chi connectivity index (χ1) is 11.1. The van der Waals surface area contributed by atoms with E-state index in [1.807, 2.05) is 0 Å². The van der Waals surface area contributed by atoms with Gasteiger partial charge in [-0.2, -0.15) is 0 Å². The topological polar surface area (TPSA) is 72.2 Å². The fraction of sp³-hybridized carbons (Fsp3) is 0.556. The van der Waals surface area contributed by atoms with Crippen LogP contribution in [0.1, 0.15) is 68.6 Å². The van der Waals surface area contributed by atoms with Gasteiger partial charge in [0.1, 0.15) is 0 Å². The molecule has 0 unspecified atom stereocenters. The molecule has 0 heterocycles. The van der Waals surface area contributed by atoms with E-state index in [-0.39, 0.29) is 11.6 Å². The molecule has 5 heteroatoms. The molecule has 1 aromatic carbocycles. The fourth-order valence-electron chi connectivity index (χ4n) is 2.32. The Balaban J connectivity index is 2.07. The number of carbonyl (C=O) groups excluding carboxylic acids is 1. The Kier molecular flexibility index (Phi) is 9.68. The molecule has 0 aliphatic rings. The first-order valence-electron chi connectivity index (χ1n) is 8.49. The summed E-state index contributed by atoms with van der Waals surface area (Å²) in [6.45, 7) is 2.85. The average Bonchev–Trinajstić information content (AvgIpc) is 2.56. The summed E-state index contributed by atoms with van der Waals surface area (Å²) < 4.78 is 0. The van der Waals surface area contributed by atoms with Crippen molar-refractivity contribution in [3.8, 4) is 0 Å². The molecule has 127 valence electrons. The van der Waals surface area contributed by atoms with E-state index >= 15 is 0 Å². The number of hydrogen-bond acceptors (Lipinski definition) is 3. The van der Waals surface area contributed by atoms with Gasteiger partial charge in [-0.3, -0.25) is 14.9 Å². The number of non-ortho nitro benzene ring substituents is 1. The normalized spacial score (nSPS) is 10.5. The monoisotopic (exact) mass is 319 g/mol. The minimum absolute atomic E-state index is 0.00455. The summed E-state index contributed by atoms with van der Waals surface area (Å²) in [6, 6.07) is 5.66. The second-order valence-electron chi connectivity index (χ2n) is 5.69. The third kappa shape index (κ3) is 8.33. The number of carbonyl (C=O) groups is 1. The first-order valence-corrected chi connectivity index (χ1v) is 8.49. The number of amides is 1. The number of rotatable bonds is 12. The zero-order valence-corrected chi connectivity index (χ0v) is 13.9. The van der Waals surface area contributed by atoms with Crippen molar-refractivity contribution in [2.45, 2.75) is 58.3 Å². The maximum atomic E-state index is 11.9. The maximum absolute atomic E-state index is 11.9. The highest BCUT2D eigenvalue weighted by Gasteiger charge is 2.08. The Hall–Kier alpha value is -1.91. The Morgan fingerprint density at radius 3 is 2.39 bits per heavy atom. The first kappa shape index (κ1) is 19.1. The Morgan fingerprint density at radius 1 is 1.09 bits per heavy atom. The van der Waals surface area contributed by atoms with E-state index in [1.54, 1.807) is 0 Å². The van der Waals surface area contributed by atoms with Gasteiger partial charge in [0.05, 0.1) is 4.92 Å². The van der Waals surface area contributed by atoms with Crippen LogP contribution in [-0.4, -0.2) is 17.4 Å². The van der Waals surface area contributed by atoms with Crippen molar-refractivity contribution < 1.29 is 9.72 Å². The summed E-state index contributed by atoms with van der Waals surface area (Å²) in [7, 11) is 0. The number of nitrogens with zero attached hydrogens (tertiary/aromatic N) is 1. The molecule has 0 fully saturated rings. The van der Waals surface area contributed by atoms with E-state index in [9.17, 15) is 14.9 Å². The highest BCUT2D eigenvalue weighted by Crippen LogP contribution is 2.12. The van der Waals surface area contributed by atoms with E-state index in [0.717, 1.165) is 19.3 Å². The third-order valence-corrected chi connectivity index (χ3v) is 3.72. The van der Waals surface area contributed by atoms with Gasteiger partial charge < -0.3 is 5.32 Å². The van der Waals surface area contributed by atoms with Crippen LogP contribution < -0.4 is 5.32 Å². The third-order valence-electron chi connectivity index (χ3n) is 3.72. The summed E-state index contributed by atoms with van der Waals surface area (Å²) >= 11 is 0. The van der Waals surface area contributed by atoms with Crippen LogP contribution in [-0.2, 0) is 0 Å². The lowest BCUT2D eigenvalue weighted by molar-refractivity contribution is -0.384. The van der Waals surface area contributed by atoms with Gasteiger partial charge in [0, 0.05) is 24.2 Å². The quantitative estimate of drug-likeness (QED) is 0.346. The van der Waals surface area contributed by atoms with Crippen LogP contribution >= 0.6 is 0 Å². The van der Waals surface area contributed by atoms with E-state index in [0.29, 0.717) is 12.1 Å². The summed E-state index contributed by atoms with van der Waals surface area (Å²) in [5.41, 5.74) is 0.450. The molecule has 0 bridgehead atoms. The van der Waals surface area contributed by atoms with Crippen LogP contribution in [0.3, 0.4) is 0 Å². The summed E-state index contributed by atoms with van der Waals surface area (Å²) in [5.74, 6) is -0.181. The van der Waals surface area contributed by atoms with Gasteiger partial charge in [0.2, 0.25) is 0 Å². The van der Waals surface area contributed by atoms with Crippen LogP contribution in [0.5, 0.6) is 0 Å². The Bertz CT molecular complexity index is 472. The number of hydrogen-bond donors (Lipinski definition) is 1. The smallest absolute Gasteiger partial charge is 0.269 e. The molecule has 1 N–H and O–H groups in total. The molecule has 0 aliphatic carbocycles. The molecular formula is C18H27N2O3. The number of nitro groups is 1. The largest absolute Gasteiger partial charge is 0.352 e. The SMILES string of the molecule is CCCCCCC[CH]CCCNC(=O)c1ccc([N+](=O)[O-])cc1. The lowest BCUT2D eigenvalue weighted by Crippen LogP contribution is -2.24. The highest BCUT2D eigenvalue weighted by molar-refractivity contribution is 5.94. The number of nitro benzene ring substituents is 1. The van der Waals surface area contributed by atoms with E-state index in [1.165, 1.54) is 56.4 Å².